The third-order valence-electron chi connectivity index (χ3n) is 3.04. The molecule has 0 aliphatic heterocycles. The van der Waals surface area contributed by atoms with Crippen molar-refractivity contribution < 1.29 is 14.6 Å². The number of ether oxygens (including phenoxy) is 1. The van der Waals surface area contributed by atoms with Gasteiger partial charge in [0.1, 0.15) is 0 Å². The molecule has 1 saturated carbocycles. The number of rotatable bonds is 7. The van der Waals surface area contributed by atoms with Gasteiger partial charge in [0.05, 0.1) is 19.8 Å². The molecule has 0 radical (unpaired) electrons. The van der Waals surface area contributed by atoms with Crippen LogP contribution in [0.3, 0.4) is 0 Å². The van der Waals surface area contributed by atoms with Crippen LogP contribution >= 0.6 is 0 Å². The fraction of sp³-hybridized carbons (Fsp3) is 0.917. The fourth-order valence-corrected chi connectivity index (χ4v) is 2.09. The minimum Gasteiger partial charge on any atom is -0.394 e. The van der Waals surface area contributed by atoms with E-state index >= 15 is 0 Å². The SMILES string of the molecule is O=C(NCCOCCO)NCC1CCCCC1. The molecule has 1 fully saturated rings. The minimum absolute atomic E-state index is 0.0217. The van der Waals surface area contributed by atoms with Crippen molar-refractivity contribution in [2.45, 2.75) is 32.1 Å². The fourth-order valence-electron chi connectivity index (χ4n) is 2.09. The van der Waals surface area contributed by atoms with Crippen molar-refractivity contribution in [2.75, 3.05) is 32.9 Å². The zero-order valence-electron chi connectivity index (χ0n) is 10.4. The number of carbonyl (C=O) groups is 1. The number of hydrogen-bond donors (Lipinski definition) is 3. The molecule has 100 valence electrons. The Morgan fingerprint density at radius 3 is 2.65 bits per heavy atom. The topological polar surface area (TPSA) is 70.6 Å². The van der Waals surface area contributed by atoms with Gasteiger partial charge in [-0.15, -0.1) is 0 Å². The van der Waals surface area contributed by atoms with Gasteiger partial charge in [-0.05, 0) is 18.8 Å². The van der Waals surface area contributed by atoms with Crippen LogP contribution in [-0.4, -0.2) is 44.0 Å². The zero-order chi connectivity index (χ0) is 12.3. The maximum atomic E-state index is 11.4. The highest BCUT2D eigenvalue weighted by Crippen LogP contribution is 2.22. The number of aliphatic hydroxyl groups excluding tert-OH is 1. The highest BCUT2D eigenvalue weighted by molar-refractivity contribution is 5.73. The molecule has 5 heteroatoms. The smallest absolute Gasteiger partial charge is 0.314 e. The summed E-state index contributed by atoms with van der Waals surface area (Å²) >= 11 is 0. The summed E-state index contributed by atoms with van der Waals surface area (Å²) in [6.07, 6.45) is 6.40. The molecule has 5 nitrogen and oxygen atoms in total. The van der Waals surface area contributed by atoms with E-state index in [0.29, 0.717) is 25.7 Å². The highest BCUT2D eigenvalue weighted by atomic mass is 16.5. The third-order valence-corrected chi connectivity index (χ3v) is 3.04. The first-order valence-electron chi connectivity index (χ1n) is 6.53. The molecule has 1 aliphatic carbocycles. The van der Waals surface area contributed by atoms with E-state index < -0.39 is 0 Å². The Labute approximate surface area is 103 Å². The van der Waals surface area contributed by atoms with Crippen molar-refractivity contribution in [1.29, 1.82) is 0 Å². The molecule has 0 aromatic rings. The molecule has 0 saturated heterocycles. The van der Waals surface area contributed by atoms with E-state index in [0.717, 1.165) is 6.54 Å². The molecule has 1 aliphatic rings. The van der Waals surface area contributed by atoms with Crippen molar-refractivity contribution in [2.24, 2.45) is 5.92 Å². The van der Waals surface area contributed by atoms with Crippen molar-refractivity contribution in [1.82, 2.24) is 10.6 Å². The highest BCUT2D eigenvalue weighted by Gasteiger charge is 2.13. The van der Waals surface area contributed by atoms with Gasteiger partial charge in [0.2, 0.25) is 0 Å². The molecule has 0 unspecified atom stereocenters. The standard InChI is InChI=1S/C12H24N2O3/c15-7-9-17-8-6-13-12(16)14-10-11-4-2-1-3-5-11/h11,15H,1-10H2,(H2,13,14,16). The van der Waals surface area contributed by atoms with Gasteiger partial charge in [-0.3, -0.25) is 0 Å². The molecule has 2 amide bonds. The van der Waals surface area contributed by atoms with Gasteiger partial charge in [-0.1, -0.05) is 19.3 Å². The van der Waals surface area contributed by atoms with Crippen LogP contribution in [0.15, 0.2) is 0 Å². The lowest BCUT2D eigenvalue weighted by Gasteiger charge is -2.21. The maximum Gasteiger partial charge on any atom is 0.314 e. The van der Waals surface area contributed by atoms with E-state index in [-0.39, 0.29) is 12.6 Å². The summed E-state index contributed by atoms with van der Waals surface area (Å²) in [5, 5.41) is 14.1. The second-order valence-corrected chi connectivity index (χ2v) is 4.48. The average Bonchev–Trinajstić information content (AvgIpc) is 2.37. The summed E-state index contributed by atoms with van der Waals surface area (Å²) in [4.78, 5) is 11.4. The minimum atomic E-state index is -0.122. The van der Waals surface area contributed by atoms with Gasteiger partial charge < -0.3 is 20.5 Å². The van der Waals surface area contributed by atoms with Crippen LogP contribution < -0.4 is 10.6 Å². The summed E-state index contributed by atoms with van der Waals surface area (Å²) in [5.41, 5.74) is 0. The van der Waals surface area contributed by atoms with E-state index in [2.05, 4.69) is 10.6 Å². The van der Waals surface area contributed by atoms with Crippen LogP contribution in [0.4, 0.5) is 4.79 Å². The number of amides is 2. The normalized spacial score (nSPS) is 16.8. The number of nitrogens with one attached hydrogen (secondary N) is 2. The number of urea groups is 1. The van der Waals surface area contributed by atoms with Crippen LogP contribution in [0.5, 0.6) is 0 Å². The van der Waals surface area contributed by atoms with Crippen LogP contribution in [0.25, 0.3) is 0 Å². The first-order chi connectivity index (χ1) is 8.33. The van der Waals surface area contributed by atoms with Crippen molar-refractivity contribution in [3.63, 3.8) is 0 Å². The molecular weight excluding hydrogens is 220 g/mol. The molecule has 0 spiro atoms. The Morgan fingerprint density at radius 2 is 1.94 bits per heavy atom. The lowest BCUT2D eigenvalue weighted by atomic mass is 9.89. The largest absolute Gasteiger partial charge is 0.394 e. The third kappa shape index (κ3) is 7.18. The maximum absolute atomic E-state index is 11.4. The Balaban J connectivity index is 1.93. The lowest BCUT2D eigenvalue weighted by molar-refractivity contribution is 0.0947. The van der Waals surface area contributed by atoms with Gasteiger partial charge in [0.25, 0.3) is 0 Å². The molecule has 1 rings (SSSR count). The Kier molecular flexibility index (Phi) is 7.75. The van der Waals surface area contributed by atoms with Gasteiger partial charge in [0.15, 0.2) is 0 Å². The van der Waals surface area contributed by atoms with Gasteiger partial charge >= 0.3 is 6.03 Å². The van der Waals surface area contributed by atoms with Crippen LogP contribution in [0.1, 0.15) is 32.1 Å². The van der Waals surface area contributed by atoms with Crippen LogP contribution in [0, 0.1) is 5.92 Å². The summed E-state index contributed by atoms with van der Waals surface area (Å²) in [6.45, 7) is 2.05. The molecule has 0 aromatic carbocycles. The summed E-state index contributed by atoms with van der Waals surface area (Å²) in [6, 6.07) is -0.122. The molecule has 0 aromatic heterocycles. The van der Waals surface area contributed by atoms with Crippen LogP contribution in [0.2, 0.25) is 0 Å². The first-order valence-corrected chi connectivity index (χ1v) is 6.53. The summed E-state index contributed by atoms with van der Waals surface area (Å²) in [7, 11) is 0. The van der Waals surface area contributed by atoms with Crippen molar-refractivity contribution >= 4 is 6.03 Å². The monoisotopic (exact) mass is 244 g/mol. The predicted octanol–water partition coefficient (Wildman–Crippen LogP) is 0.875. The van der Waals surface area contributed by atoms with Gasteiger partial charge in [-0.25, -0.2) is 4.79 Å². The van der Waals surface area contributed by atoms with Crippen molar-refractivity contribution in [3.05, 3.63) is 0 Å². The van der Waals surface area contributed by atoms with E-state index in [1.807, 2.05) is 0 Å². The Morgan fingerprint density at radius 1 is 1.18 bits per heavy atom. The van der Waals surface area contributed by atoms with Gasteiger partial charge in [-0.2, -0.15) is 0 Å². The Bertz CT molecular complexity index is 206. The van der Waals surface area contributed by atoms with E-state index in [1.54, 1.807) is 0 Å². The van der Waals surface area contributed by atoms with E-state index in [4.69, 9.17) is 9.84 Å². The molecule has 3 N–H and O–H groups in total. The molecule has 17 heavy (non-hydrogen) atoms. The van der Waals surface area contributed by atoms with Crippen LogP contribution in [-0.2, 0) is 4.74 Å². The predicted molar refractivity (Wildman–Crippen MR) is 65.9 cm³/mol. The lowest BCUT2D eigenvalue weighted by Crippen LogP contribution is -2.40. The zero-order valence-corrected chi connectivity index (χ0v) is 10.4. The quantitative estimate of drug-likeness (QED) is 0.582. The van der Waals surface area contributed by atoms with E-state index in [1.165, 1.54) is 32.1 Å². The second kappa shape index (κ2) is 9.24. The number of carbonyl (C=O) groups excluding carboxylic acids is 1. The molecule has 0 atom stereocenters. The molecule has 0 bridgehead atoms. The molecular formula is C12H24N2O3. The Hall–Kier alpha value is -0.810. The number of hydrogen-bond acceptors (Lipinski definition) is 3. The average molecular weight is 244 g/mol. The van der Waals surface area contributed by atoms with E-state index in [9.17, 15) is 4.79 Å². The first kappa shape index (κ1) is 14.3. The van der Waals surface area contributed by atoms with Gasteiger partial charge in [0, 0.05) is 13.1 Å². The number of aliphatic hydroxyl groups is 1. The summed E-state index contributed by atoms with van der Waals surface area (Å²) in [5.74, 6) is 0.653. The summed E-state index contributed by atoms with van der Waals surface area (Å²) < 4.78 is 5.04. The van der Waals surface area contributed by atoms with Crippen molar-refractivity contribution in [3.8, 4) is 0 Å². The molecule has 0 heterocycles. The second-order valence-electron chi connectivity index (χ2n) is 4.48.